The van der Waals surface area contributed by atoms with Gasteiger partial charge in [-0.25, -0.2) is 9.79 Å². The van der Waals surface area contributed by atoms with E-state index in [-0.39, 0.29) is 16.9 Å². The summed E-state index contributed by atoms with van der Waals surface area (Å²) in [5, 5.41) is 10.7. The number of aromatic nitrogens is 1. The van der Waals surface area contributed by atoms with Crippen molar-refractivity contribution in [3.63, 3.8) is 0 Å². The van der Waals surface area contributed by atoms with E-state index in [0.29, 0.717) is 52.9 Å². The van der Waals surface area contributed by atoms with Crippen LogP contribution in [0.5, 0.6) is 17.2 Å². The number of phenols is 1. The number of phenolic OH excluding ortho intramolecular Hbond substituents is 1. The number of hydrogen-bond donors (Lipinski definition) is 1. The van der Waals surface area contributed by atoms with Gasteiger partial charge in [-0.1, -0.05) is 22.9 Å². The van der Waals surface area contributed by atoms with Crippen molar-refractivity contribution in [1.82, 2.24) is 4.57 Å². The second kappa shape index (κ2) is 10.7. The molecule has 2 aromatic carbocycles. The minimum atomic E-state index is -0.858. The zero-order valence-corrected chi connectivity index (χ0v) is 23.5. The van der Waals surface area contributed by atoms with Crippen molar-refractivity contribution in [1.29, 1.82) is 0 Å². The molecular formula is C25H22ClIN2O6S. The first-order valence-electron chi connectivity index (χ1n) is 10.8. The lowest BCUT2D eigenvalue weighted by Crippen LogP contribution is -2.40. The molecule has 0 spiro atoms. The highest BCUT2D eigenvalue weighted by atomic mass is 127. The molecule has 3 aromatic rings. The van der Waals surface area contributed by atoms with Crippen LogP contribution in [-0.2, 0) is 9.53 Å². The van der Waals surface area contributed by atoms with Gasteiger partial charge in [0.05, 0.1) is 40.2 Å². The lowest BCUT2D eigenvalue weighted by molar-refractivity contribution is -0.136. The molecule has 2 heterocycles. The van der Waals surface area contributed by atoms with Crippen molar-refractivity contribution in [2.75, 3.05) is 20.8 Å². The summed E-state index contributed by atoms with van der Waals surface area (Å²) in [7, 11) is 2.79. The molecule has 0 radical (unpaired) electrons. The second-order valence-electron chi connectivity index (χ2n) is 7.74. The van der Waals surface area contributed by atoms with Gasteiger partial charge in [-0.15, -0.1) is 0 Å². The topological polar surface area (TPSA) is 99.4 Å². The van der Waals surface area contributed by atoms with Gasteiger partial charge in [-0.2, -0.15) is 0 Å². The van der Waals surface area contributed by atoms with Crippen molar-refractivity contribution in [3.8, 4) is 17.2 Å². The summed E-state index contributed by atoms with van der Waals surface area (Å²) in [4.78, 5) is 31.6. The number of allylic oxidation sites excluding steroid dienone is 1. The molecule has 0 unspecified atom stereocenters. The summed E-state index contributed by atoms with van der Waals surface area (Å²) in [6.45, 7) is 3.90. The number of ether oxygens (including phenoxy) is 3. The number of carbonyl (C=O) groups excluding carboxylic acids is 1. The summed E-state index contributed by atoms with van der Waals surface area (Å²) >= 11 is 9.50. The highest BCUT2D eigenvalue weighted by Crippen LogP contribution is 2.37. The number of fused-ring (bicyclic) bond motifs is 1. The standard InChI is InChI=1S/C25H22ClIN2O6S/c1-5-35-18-9-13(8-16(27)22(18)30)10-19-23(31)29-21(15-11-14(26)6-7-17(15)33-3)20(24(32)34-4)12(2)28-25(29)36-19/h6-11,21,30H,5H2,1-4H3/b19-10-/t21-/m0/s1. The summed E-state index contributed by atoms with van der Waals surface area (Å²) in [6, 6.07) is 7.58. The fourth-order valence-corrected chi connectivity index (χ4v) is 5.85. The quantitative estimate of drug-likeness (QED) is 0.325. The van der Waals surface area contributed by atoms with E-state index in [4.69, 9.17) is 25.8 Å². The SMILES string of the molecule is CCOc1cc(/C=c2\sc3n(c2=O)[C@@H](c2cc(Cl)ccc2OC)C(C(=O)OC)=C(C)N=3)cc(I)c1O. The molecule has 1 aliphatic rings. The first-order valence-corrected chi connectivity index (χ1v) is 13.1. The van der Waals surface area contributed by atoms with E-state index < -0.39 is 12.0 Å². The van der Waals surface area contributed by atoms with Crippen molar-refractivity contribution < 1.29 is 24.1 Å². The molecule has 0 saturated carbocycles. The average molecular weight is 641 g/mol. The van der Waals surface area contributed by atoms with Gasteiger partial charge in [0, 0.05) is 10.6 Å². The van der Waals surface area contributed by atoms with Crippen LogP contribution in [-0.4, -0.2) is 36.5 Å². The molecule has 0 saturated heterocycles. The molecule has 36 heavy (non-hydrogen) atoms. The van der Waals surface area contributed by atoms with Crippen LogP contribution in [0.3, 0.4) is 0 Å². The number of thiazole rings is 1. The lowest BCUT2D eigenvalue weighted by atomic mass is 9.95. The molecule has 0 amide bonds. The molecule has 0 aliphatic carbocycles. The largest absolute Gasteiger partial charge is 0.504 e. The molecule has 1 aromatic heterocycles. The van der Waals surface area contributed by atoms with Gasteiger partial charge in [-0.3, -0.25) is 9.36 Å². The van der Waals surface area contributed by atoms with Gasteiger partial charge < -0.3 is 19.3 Å². The van der Waals surface area contributed by atoms with Crippen LogP contribution >= 0.6 is 45.5 Å². The number of nitrogens with zero attached hydrogens (tertiary/aromatic N) is 2. The Kier molecular flexibility index (Phi) is 7.76. The smallest absolute Gasteiger partial charge is 0.338 e. The number of aromatic hydroxyl groups is 1. The van der Waals surface area contributed by atoms with Gasteiger partial charge in [0.15, 0.2) is 16.3 Å². The van der Waals surface area contributed by atoms with Crippen LogP contribution in [0.2, 0.25) is 5.02 Å². The van der Waals surface area contributed by atoms with Crippen molar-refractivity contribution >= 4 is 57.6 Å². The monoisotopic (exact) mass is 640 g/mol. The van der Waals surface area contributed by atoms with E-state index >= 15 is 0 Å². The van der Waals surface area contributed by atoms with Gasteiger partial charge in [-0.05, 0) is 78.4 Å². The van der Waals surface area contributed by atoms with Gasteiger partial charge in [0.25, 0.3) is 5.56 Å². The highest BCUT2D eigenvalue weighted by Gasteiger charge is 2.35. The Balaban J connectivity index is 2.00. The van der Waals surface area contributed by atoms with E-state index in [9.17, 15) is 14.7 Å². The Bertz CT molecular complexity index is 1580. The van der Waals surface area contributed by atoms with E-state index in [1.807, 2.05) is 29.5 Å². The summed E-state index contributed by atoms with van der Waals surface area (Å²) in [5.74, 6) is 0.229. The Morgan fingerprint density at radius 2 is 2.03 bits per heavy atom. The number of benzene rings is 2. The number of rotatable bonds is 6. The first-order chi connectivity index (χ1) is 17.2. The van der Waals surface area contributed by atoms with E-state index in [1.165, 1.54) is 30.1 Å². The van der Waals surface area contributed by atoms with Crippen LogP contribution in [0.25, 0.3) is 6.08 Å². The van der Waals surface area contributed by atoms with Crippen LogP contribution in [0, 0.1) is 3.57 Å². The molecular weight excluding hydrogens is 619 g/mol. The number of halogens is 2. The van der Waals surface area contributed by atoms with Crippen molar-refractivity contribution in [3.05, 3.63) is 81.0 Å². The summed E-state index contributed by atoms with van der Waals surface area (Å²) in [6.07, 6.45) is 1.71. The van der Waals surface area contributed by atoms with Crippen LogP contribution in [0.1, 0.15) is 31.0 Å². The predicted octanol–water partition coefficient (Wildman–Crippen LogP) is 3.78. The Morgan fingerprint density at radius 3 is 2.69 bits per heavy atom. The molecule has 0 bridgehead atoms. The molecule has 0 fully saturated rings. The Labute approximate surface area is 229 Å². The number of methoxy groups -OCH3 is 2. The van der Waals surface area contributed by atoms with Crippen LogP contribution < -0.4 is 24.4 Å². The van der Waals surface area contributed by atoms with E-state index in [1.54, 1.807) is 43.3 Å². The predicted molar refractivity (Wildman–Crippen MR) is 146 cm³/mol. The summed E-state index contributed by atoms with van der Waals surface area (Å²) < 4.78 is 18.6. The zero-order chi connectivity index (χ0) is 26.1. The van der Waals surface area contributed by atoms with Crippen molar-refractivity contribution in [2.45, 2.75) is 19.9 Å². The third-order valence-corrected chi connectivity index (χ3v) is 7.60. The Morgan fingerprint density at radius 1 is 1.28 bits per heavy atom. The molecule has 1 atom stereocenters. The van der Waals surface area contributed by atoms with Crippen LogP contribution in [0.15, 0.2) is 51.4 Å². The maximum Gasteiger partial charge on any atom is 0.338 e. The fraction of sp³-hybridized carbons (Fsp3) is 0.240. The maximum absolute atomic E-state index is 13.8. The van der Waals surface area contributed by atoms with Crippen LogP contribution in [0.4, 0.5) is 0 Å². The van der Waals surface area contributed by atoms with Crippen molar-refractivity contribution in [2.24, 2.45) is 4.99 Å². The molecule has 1 N–H and O–H groups in total. The fourth-order valence-electron chi connectivity index (χ4n) is 4.00. The number of carbonyl (C=O) groups is 1. The zero-order valence-electron chi connectivity index (χ0n) is 19.8. The minimum absolute atomic E-state index is 0.0439. The molecule has 4 rings (SSSR count). The summed E-state index contributed by atoms with van der Waals surface area (Å²) in [5.41, 5.74) is 1.51. The van der Waals surface area contributed by atoms with Gasteiger partial charge in [0.1, 0.15) is 11.8 Å². The third kappa shape index (κ3) is 4.76. The minimum Gasteiger partial charge on any atom is -0.504 e. The first kappa shape index (κ1) is 26.2. The molecule has 8 nitrogen and oxygen atoms in total. The van der Waals surface area contributed by atoms with E-state index in [0.717, 1.165) is 0 Å². The van der Waals surface area contributed by atoms with Gasteiger partial charge >= 0.3 is 5.97 Å². The third-order valence-electron chi connectivity index (χ3n) is 5.56. The lowest BCUT2D eigenvalue weighted by Gasteiger charge is -2.25. The number of hydrogen-bond acceptors (Lipinski definition) is 8. The molecule has 11 heteroatoms. The average Bonchev–Trinajstić information content (AvgIpc) is 3.15. The Hall–Kier alpha value is -2.83. The maximum atomic E-state index is 13.8. The number of esters is 1. The molecule has 1 aliphatic heterocycles. The highest BCUT2D eigenvalue weighted by molar-refractivity contribution is 14.1. The molecule has 188 valence electrons. The second-order valence-corrected chi connectivity index (χ2v) is 10.3. The normalized spacial score (nSPS) is 15.4. The van der Waals surface area contributed by atoms with E-state index in [2.05, 4.69) is 4.99 Å². The van der Waals surface area contributed by atoms with Gasteiger partial charge in [0.2, 0.25) is 0 Å².